The molecule has 3 aromatic rings. The van der Waals surface area contributed by atoms with E-state index in [4.69, 9.17) is 4.74 Å². The summed E-state index contributed by atoms with van der Waals surface area (Å²) >= 11 is 1.34. The van der Waals surface area contributed by atoms with Gasteiger partial charge in [0.15, 0.2) is 11.6 Å². The molecule has 3 aromatic carbocycles. The lowest BCUT2D eigenvalue weighted by Gasteiger charge is -2.29. The number of benzene rings is 3. The maximum Gasteiger partial charge on any atom is 0.323 e. The molecule has 0 aromatic heterocycles. The third-order valence-electron chi connectivity index (χ3n) is 6.48. The molecule has 1 amide bonds. The Morgan fingerprint density at radius 2 is 1.87 bits per heavy atom. The Bertz CT molecular complexity index is 1280. The van der Waals surface area contributed by atoms with E-state index >= 15 is 0 Å². The highest BCUT2D eigenvalue weighted by Gasteiger charge is 2.24. The van der Waals surface area contributed by atoms with Gasteiger partial charge in [0, 0.05) is 17.0 Å². The van der Waals surface area contributed by atoms with E-state index in [0.717, 1.165) is 37.1 Å². The number of halogens is 2. The van der Waals surface area contributed by atoms with Crippen LogP contribution in [0.1, 0.15) is 28.8 Å². The molecule has 1 saturated heterocycles. The molecule has 1 unspecified atom stereocenters. The van der Waals surface area contributed by atoms with Gasteiger partial charge >= 0.3 is 5.97 Å². The third-order valence-corrected chi connectivity index (χ3v) is 7.26. The van der Waals surface area contributed by atoms with Gasteiger partial charge in [0.1, 0.15) is 18.9 Å². The number of nitrogens with zero attached hydrogens (tertiary/aromatic N) is 1. The number of carbonyl (C=O) groups is 2. The molecule has 1 aliphatic heterocycles. The fraction of sp³-hybridized carbons (Fsp3) is 0.310. The van der Waals surface area contributed by atoms with E-state index in [9.17, 15) is 23.5 Å². The SMILES string of the molecule is CSc1cc(F)c(F)cc1-c1ccc(OCc2cccc(C(=O)N(CC(=O)O)CC3CCCNC3)c2)cc1. The smallest absolute Gasteiger partial charge is 0.323 e. The Hall–Kier alpha value is -3.43. The highest BCUT2D eigenvalue weighted by molar-refractivity contribution is 7.98. The molecular formula is C29H30F2N2O4S. The summed E-state index contributed by atoms with van der Waals surface area (Å²) in [6.07, 6.45) is 3.77. The van der Waals surface area contributed by atoms with Crippen LogP contribution in [0.5, 0.6) is 5.75 Å². The summed E-state index contributed by atoms with van der Waals surface area (Å²) < 4.78 is 33.3. The molecule has 6 nitrogen and oxygen atoms in total. The number of thioether (sulfide) groups is 1. The zero-order valence-electron chi connectivity index (χ0n) is 21.1. The zero-order valence-corrected chi connectivity index (χ0v) is 21.9. The van der Waals surface area contributed by atoms with Crippen LogP contribution >= 0.6 is 11.8 Å². The van der Waals surface area contributed by atoms with Gasteiger partial charge in [0.05, 0.1) is 0 Å². The van der Waals surface area contributed by atoms with E-state index < -0.39 is 17.6 Å². The fourth-order valence-corrected chi connectivity index (χ4v) is 5.19. The second-order valence-corrected chi connectivity index (χ2v) is 10.1. The monoisotopic (exact) mass is 540 g/mol. The average molecular weight is 541 g/mol. The van der Waals surface area contributed by atoms with Crippen LogP contribution in [-0.2, 0) is 11.4 Å². The summed E-state index contributed by atoms with van der Waals surface area (Å²) in [5.41, 5.74) is 2.51. The molecule has 9 heteroatoms. The molecule has 38 heavy (non-hydrogen) atoms. The van der Waals surface area contributed by atoms with Crippen LogP contribution in [0.2, 0.25) is 0 Å². The minimum atomic E-state index is -1.04. The lowest BCUT2D eigenvalue weighted by atomic mass is 9.98. The Labute approximate surface area is 225 Å². The summed E-state index contributed by atoms with van der Waals surface area (Å²) in [6.45, 7) is 1.95. The van der Waals surface area contributed by atoms with E-state index in [1.165, 1.54) is 28.8 Å². The van der Waals surface area contributed by atoms with Gasteiger partial charge in [-0.3, -0.25) is 9.59 Å². The topological polar surface area (TPSA) is 78.9 Å². The van der Waals surface area contributed by atoms with E-state index in [-0.39, 0.29) is 25.0 Å². The lowest BCUT2D eigenvalue weighted by Crippen LogP contribution is -2.43. The van der Waals surface area contributed by atoms with E-state index in [1.807, 2.05) is 6.07 Å². The predicted molar refractivity (Wildman–Crippen MR) is 143 cm³/mol. The molecule has 1 fully saturated rings. The highest BCUT2D eigenvalue weighted by atomic mass is 32.2. The molecule has 200 valence electrons. The Morgan fingerprint density at radius 3 is 2.55 bits per heavy atom. The van der Waals surface area contributed by atoms with Crippen molar-refractivity contribution in [1.82, 2.24) is 10.2 Å². The van der Waals surface area contributed by atoms with Crippen molar-refractivity contribution >= 4 is 23.6 Å². The van der Waals surface area contributed by atoms with E-state index in [0.29, 0.717) is 28.3 Å². The second-order valence-electron chi connectivity index (χ2n) is 9.27. The molecule has 0 bridgehead atoms. The number of aliphatic carboxylic acids is 1. The first-order chi connectivity index (χ1) is 18.3. The molecule has 4 rings (SSSR count). The van der Waals surface area contributed by atoms with Crippen LogP contribution in [0.15, 0.2) is 65.6 Å². The largest absolute Gasteiger partial charge is 0.489 e. The van der Waals surface area contributed by atoms with Crippen molar-refractivity contribution in [2.24, 2.45) is 5.92 Å². The number of nitrogens with one attached hydrogen (secondary N) is 1. The highest BCUT2D eigenvalue weighted by Crippen LogP contribution is 2.33. The molecule has 1 heterocycles. The maximum absolute atomic E-state index is 13.8. The van der Waals surface area contributed by atoms with E-state index in [1.54, 1.807) is 48.7 Å². The standard InChI is InChI=1S/C29H30F2N2O4S/c1-38-27-14-26(31)25(30)13-24(27)21-7-9-23(10-8-21)37-18-19-4-2-6-22(12-19)29(36)33(17-28(34)35)16-20-5-3-11-32-15-20/h2,4,6-10,12-14,20,32H,3,5,11,15-18H2,1H3,(H,34,35). The normalized spacial score (nSPS) is 15.2. The minimum Gasteiger partial charge on any atom is -0.489 e. The Morgan fingerprint density at radius 1 is 1.11 bits per heavy atom. The number of carbonyl (C=O) groups excluding carboxylic acids is 1. The Balaban J connectivity index is 1.42. The second kappa shape index (κ2) is 12.9. The molecule has 0 aliphatic carbocycles. The first-order valence-electron chi connectivity index (χ1n) is 12.4. The van der Waals surface area contributed by atoms with Crippen LogP contribution < -0.4 is 10.1 Å². The third kappa shape index (κ3) is 7.11. The number of carboxylic acids is 1. The summed E-state index contributed by atoms with van der Waals surface area (Å²) in [6, 6.07) is 16.4. The van der Waals surface area contributed by atoms with Crippen molar-refractivity contribution in [3.05, 3.63) is 83.4 Å². The van der Waals surface area contributed by atoms with Crippen LogP contribution in [0.4, 0.5) is 8.78 Å². The first-order valence-corrected chi connectivity index (χ1v) is 13.6. The lowest BCUT2D eigenvalue weighted by molar-refractivity contribution is -0.137. The van der Waals surface area contributed by atoms with Crippen LogP contribution in [0.25, 0.3) is 11.1 Å². The van der Waals surface area contributed by atoms with Crippen LogP contribution in [0.3, 0.4) is 0 Å². The van der Waals surface area contributed by atoms with Crippen molar-refractivity contribution in [3.63, 3.8) is 0 Å². The summed E-state index contributed by atoms with van der Waals surface area (Å²) in [5.74, 6) is -2.34. The molecule has 1 aliphatic rings. The molecule has 0 spiro atoms. The number of ether oxygens (including phenoxy) is 1. The predicted octanol–water partition coefficient (Wildman–Crippen LogP) is 5.46. The first kappa shape index (κ1) is 27.6. The van der Waals surface area contributed by atoms with Crippen LogP contribution in [-0.4, -0.2) is 54.3 Å². The van der Waals surface area contributed by atoms with Crippen molar-refractivity contribution in [1.29, 1.82) is 0 Å². The molecular weight excluding hydrogens is 510 g/mol. The van der Waals surface area contributed by atoms with Crippen LogP contribution in [0, 0.1) is 17.6 Å². The number of hydrogen-bond acceptors (Lipinski definition) is 5. The maximum atomic E-state index is 13.8. The van der Waals surface area contributed by atoms with Gasteiger partial charge in [-0.2, -0.15) is 0 Å². The van der Waals surface area contributed by atoms with Crippen molar-refractivity contribution < 1.29 is 28.2 Å². The van der Waals surface area contributed by atoms with Gasteiger partial charge in [-0.1, -0.05) is 24.3 Å². The molecule has 0 saturated carbocycles. The fourth-order valence-electron chi connectivity index (χ4n) is 4.57. The quantitative estimate of drug-likeness (QED) is 0.333. The van der Waals surface area contributed by atoms with Gasteiger partial charge < -0.3 is 20.1 Å². The summed E-state index contributed by atoms with van der Waals surface area (Å²) in [4.78, 5) is 26.7. The van der Waals surface area contributed by atoms with Gasteiger partial charge in [0.25, 0.3) is 5.91 Å². The van der Waals surface area contributed by atoms with Crippen molar-refractivity contribution in [2.75, 3.05) is 32.4 Å². The van der Waals surface area contributed by atoms with Gasteiger partial charge in [-0.05, 0) is 91.2 Å². The zero-order chi connectivity index (χ0) is 27.1. The molecule has 1 atom stereocenters. The number of carboxylic acid groups (broad SMARTS) is 1. The van der Waals surface area contributed by atoms with Crippen molar-refractivity contribution in [2.45, 2.75) is 24.3 Å². The minimum absolute atomic E-state index is 0.202. The Kier molecular flexibility index (Phi) is 9.36. The van der Waals surface area contributed by atoms with Gasteiger partial charge in [-0.15, -0.1) is 11.8 Å². The van der Waals surface area contributed by atoms with Gasteiger partial charge in [-0.25, -0.2) is 8.78 Å². The average Bonchev–Trinajstić information content (AvgIpc) is 2.93. The molecule has 0 radical (unpaired) electrons. The summed E-state index contributed by atoms with van der Waals surface area (Å²) in [5, 5.41) is 12.7. The number of rotatable bonds is 10. The summed E-state index contributed by atoms with van der Waals surface area (Å²) in [7, 11) is 0. The van der Waals surface area contributed by atoms with Crippen molar-refractivity contribution in [3.8, 4) is 16.9 Å². The number of amides is 1. The number of piperidine rings is 1. The van der Waals surface area contributed by atoms with Gasteiger partial charge in [0.2, 0.25) is 0 Å². The van der Waals surface area contributed by atoms with E-state index in [2.05, 4.69) is 5.32 Å². The number of hydrogen-bond donors (Lipinski definition) is 2. The molecule has 2 N–H and O–H groups in total.